The second kappa shape index (κ2) is 14.2. The van der Waals surface area contributed by atoms with Crippen molar-refractivity contribution >= 4 is 61.9 Å². The maximum absolute atomic E-state index is 3.88. The summed E-state index contributed by atoms with van der Waals surface area (Å²) >= 11 is 4.54. The smallest absolute Gasteiger partial charge is 0.0402 e. The van der Waals surface area contributed by atoms with Crippen LogP contribution >= 0.6 is 45.2 Å². The lowest BCUT2D eigenvalue weighted by Gasteiger charge is -2.21. The van der Waals surface area contributed by atoms with Gasteiger partial charge in [0.1, 0.15) is 0 Å². The molecular formula is C32H31I2N. The van der Waals surface area contributed by atoms with Crippen LogP contribution in [-0.4, -0.2) is 7.05 Å². The molecule has 0 fully saturated rings. The van der Waals surface area contributed by atoms with Crippen molar-refractivity contribution in [2.24, 2.45) is 0 Å². The number of allylic oxidation sites excluding steroid dienone is 11. The van der Waals surface area contributed by atoms with Crippen molar-refractivity contribution in [3.63, 3.8) is 0 Å². The van der Waals surface area contributed by atoms with Crippen molar-refractivity contribution in [3.05, 3.63) is 146 Å². The predicted octanol–water partition coefficient (Wildman–Crippen LogP) is 9.83. The predicted molar refractivity (Wildman–Crippen MR) is 172 cm³/mol. The molecule has 1 N–H and O–H groups in total. The van der Waals surface area contributed by atoms with Gasteiger partial charge in [0.05, 0.1) is 0 Å². The van der Waals surface area contributed by atoms with Crippen molar-refractivity contribution in [2.75, 3.05) is 7.05 Å². The van der Waals surface area contributed by atoms with Gasteiger partial charge in [-0.25, -0.2) is 0 Å². The van der Waals surface area contributed by atoms with Gasteiger partial charge in [-0.1, -0.05) is 143 Å². The molecule has 1 nitrogen and oxygen atoms in total. The average Bonchev–Trinajstić information content (AvgIpc) is 3.19. The Balaban J connectivity index is 0.000000214. The van der Waals surface area contributed by atoms with E-state index in [1.807, 2.05) is 19.2 Å². The first kappa shape index (κ1) is 27.2. The number of hydrogen-bond acceptors (Lipinski definition) is 1. The number of benzene rings is 2. The third-order valence-electron chi connectivity index (χ3n) is 5.99. The number of halogens is 2. The quantitative estimate of drug-likeness (QED) is 0.299. The first-order valence-electron chi connectivity index (χ1n) is 11.7. The summed E-state index contributed by atoms with van der Waals surface area (Å²) < 4.78 is 4.14. The highest BCUT2D eigenvalue weighted by Gasteiger charge is 2.25. The zero-order valence-electron chi connectivity index (χ0n) is 20.1. The third kappa shape index (κ3) is 6.64. The Morgan fingerprint density at radius 3 is 2.09 bits per heavy atom. The van der Waals surface area contributed by atoms with E-state index in [-0.39, 0.29) is 0 Å². The van der Waals surface area contributed by atoms with Gasteiger partial charge in [0.15, 0.2) is 0 Å². The van der Waals surface area contributed by atoms with Crippen LogP contribution in [0.4, 0.5) is 0 Å². The molecule has 0 amide bonds. The van der Waals surface area contributed by atoms with Crippen LogP contribution in [0.3, 0.4) is 0 Å². The lowest BCUT2D eigenvalue weighted by Crippen LogP contribution is -2.14. The zero-order valence-corrected chi connectivity index (χ0v) is 24.4. The maximum Gasteiger partial charge on any atom is 0.0402 e. The minimum absolute atomic E-state index is 1.15. The highest BCUT2D eigenvalue weighted by atomic mass is 127. The third-order valence-corrected chi connectivity index (χ3v) is 6.71. The SMILES string of the molecule is C=C/C=C1/C(c2ccccc2)=C(/C=C/I)c2ccccc21.C=CC=C1CCCC(/C=C/I)=C1NC. The van der Waals surface area contributed by atoms with E-state index in [1.165, 1.54) is 63.1 Å². The topological polar surface area (TPSA) is 12.0 Å². The largest absolute Gasteiger partial charge is 0.388 e. The van der Waals surface area contributed by atoms with Crippen LogP contribution in [-0.2, 0) is 0 Å². The Morgan fingerprint density at radius 1 is 0.800 bits per heavy atom. The molecule has 2 aromatic rings. The molecule has 0 unspecified atom stereocenters. The van der Waals surface area contributed by atoms with Crippen molar-refractivity contribution in [1.82, 2.24) is 5.32 Å². The van der Waals surface area contributed by atoms with Crippen molar-refractivity contribution < 1.29 is 0 Å². The van der Waals surface area contributed by atoms with Gasteiger partial charge in [0.2, 0.25) is 0 Å². The molecule has 3 heteroatoms. The Morgan fingerprint density at radius 2 is 1.46 bits per heavy atom. The van der Waals surface area contributed by atoms with E-state index in [4.69, 9.17) is 0 Å². The Hall–Kier alpha value is -2.38. The second-order valence-electron chi connectivity index (χ2n) is 8.03. The second-order valence-corrected chi connectivity index (χ2v) is 9.47. The van der Waals surface area contributed by atoms with E-state index in [2.05, 4.69) is 151 Å². The first-order chi connectivity index (χ1) is 17.2. The highest BCUT2D eigenvalue weighted by Crippen LogP contribution is 2.47. The molecular weight excluding hydrogens is 652 g/mol. The highest BCUT2D eigenvalue weighted by molar-refractivity contribution is 14.1. The Bertz CT molecular complexity index is 1240. The van der Waals surface area contributed by atoms with Crippen LogP contribution in [0.2, 0.25) is 0 Å². The monoisotopic (exact) mass is 683 g/mol. The fourth-order valence-electron chi connectivity index (χ4n) is 4.61. The number of rotatable bonds is 6. The molecule has 0 saturated heterocycles. The molecule has 2 aliphatic carbocycles. The molecule has 0 heterocycles. The summed E-state index contributed by atoms with van der Waals surface area (Å²) in [6.45, 7) is 7.63. The van der Waals surface area contributed by atoms with Gasteiger partial charge in [-0.3, -0.25) is 0 Å². The summed E-state index contributed by atoms with van der Waals surface area (Å²) in [7, 11) is 1.98. The van der Waals surface area contributed by atoms with Gasteiger partial charge >= 0.3 is 0 Å². The summed E-state index contributed by atoms with van der Waals surface area (Å²) in [5, 5.41) is 3.28. The van der Waals surface area contributed by atoms with Gasteiger partial charge in [-0.05, 0) is 78.1 Å². The van der Waals surface area contributed by atoms with E-state index in [1.54, 1.807) is 0 Å². The minimum Gasteiger partial charge on any atom is -0.388 e. The lowest BCUT2D eigenvalue weighted by molar-refractivity contribution is 0.745. The molecule has 2 aliphatic rings. The minimum atomic E-state index is 1.15. The molecule has 0 bridgehead atoms. The molecule has 0 spiro atoms. The molecule has 35 heavy (non-hydrogen) atoms. The van der Waals surface area contributed by atoms with Crippen LogP contribution in [0.5, 0.6) is 0 Å². The van der Waals surface area contributed by atoms with E-state index in [0.717, 1.165) is 6.42 Å². The molecule has 2 aromatic carbocycles. The summed E-state index contributed by atoms with van der Waals surface area (Å²) in [5.74, 6) is 0. The van der Waals surface area contributed by atoms with Gasteiger partial charge < -0.3 is 5.32 Å². The van der Waals surface area contributed by atoms with Gasteiger partial charge in [0, 0.05) is 12.7 Å². The van der Waals surface area contributed by atoms with Crippen LogP contribution in [0.1, 0.15) is 36.0 Å². The van der Waals surface area contributed by atoms with E-state index >= 15 is 0 Å². The van der Waals surface area contributed by atoms with E-state index < -0.39 is 0 Å². The molecule has 4 rings (SSSR count). The van der Waals surface area contributed by atoms with Gasteiger partial charge in [-0.15, -0.1) is 0 Å². The van der Waals surface area contributed by atoms with Crippen molar-refractivity contribution in [2.45, 2.75) is 19.3 Å². The van der Waals surface area contributed by atoms with Crippen molar-refractivity contribution in [1.29, 1.82) is 0 Å². The molecule has 0 saturated carbocycles. The van der Waals surface area contributed by atoms with Gasteiger partial charge in [-0.2, -0.15) is 0 Å². The fraction of sp³-hybridized carbons (Fsp3) is 0.125. The Labute approximate surface area is 237 Å². The van der Waals surface area contributed by atoms with Crippen LogP contribution in [0, 0.1) is 0 Å². The Kier molecular flexibility index (Phi) is 11.1. The first-order valence-corrected chi connectivity index (χ1v) is 14.2. The number of nitrogens with one attached hydrogen (secondary N) is 1. The molecule has 0 aromatic heterocycles. The lowest BCUT2D eigenvalue weighted by atomic mass is 9.91. The normalized spacial score (nSPS) is 17.7. The van der Waals surface area contributed by atoms with E-state index in [9.17, 15) is 0 Å². The number of hydrogen-bond donors (Lipinski definition) is 1. The molecule has 178 valence electrons. The van der Waals surface area contributed by atoms with Crippen LogP contribution < -0.4 is 5.32 Å². The summed E-state index contributed by atoms with van der Waals surface area (Å²) in [6, 6.07) is 19.1. The standard InChI is InChI=1S/C20H15I.C12H16IN/c1-2-8-18-16-11-6-7-12-17(16)19(13-14-21)20(18)15-9-4-3-5-10-15;1-3-5-10-6-4-7-11(8-9-13)12(10)14-2/h2-14H,1H2;3,5,8-9,14H,1,4,6-7H2,2H3/b14-13+,18-8+;9-8+,10-5?. The van der Waals surface area contributed by atoms with Crippen molar-refractivity contribution in [3.8, 4) is 0 Å². The number of fused-ring (bicyclic) bond motifs is 1. The fourth-order valence-corrected chi connectivity index (χ4v) is 5.40. The molecule has 0 radical (unpaired) electrons. The maximum atomic E-state index is 3.88. The summed E-state index contributed by atoms with van der Waals surface area (Å²) in [6.07, 6.45) is 15.9. The average molecular weight is 683 g/mol. The molecule has 0 atom stereocenters. The summed E-state index contributed by atoms with van der Waals surface area (Å²) in [4.78, 5) is 0. The van der Waals surface area contributed by atoms with E-state index in [0.29, 0.717) is 0 Å². The van der Waals surface area contributed by atoms with Gasteiger partial charge in [0.25, 0.3) is 0 Å². The summed E-state index contributed by atoms with van der Waals surface area (Å²) in [5.41, 5.74) is 11.7. The van der Waals surface area contributed by atoms with Crippen LogP contribution in [0.15, 0.2) is 129 Å². The number of likely N-dealkylation sites (N-methyl/N-ethyl adjacent to an activating group) is 1. The molecule has 0 aliphatic heterocycles. The zero-order chi connectivity index (χ0) is 25.0. The van der Waals surface area contributed by atoms with Crippen LogP contribution in [0.25, 0.3) is 16.7 Å².